The van der Waals surface area contributed by atoms with Crippen LogP contribution >= 0.6 is 0 Å². The van der Waals surface area contributed by atoms with Crippen LogP contribution in [-0.2, 0) is 17.8 Å². The van der Waals surface area contributed by atoms with Crippen LogP contribution in [0.2, 0.25) is 0 Å². The smallest absolute Gasteiger partial charge is 0.228 e. The summed E-state index contributed by atoms with van der Waals surface area (Å²) in [5.74, 6) is 1.43. The maximum absolute atomic E-state index is 12.1. The molecule has 0 saturated carbocycles. The van der Waals surface area contributed by atoms with Gasteiger partial charge in [0.25, 0.3) is 0 Å². The first-order valence-electron chi connectivity index (χ1n) is 8.67. The van der Waals surface area contributed by atoms with E-state index in [4.69, 9.17) is 0 Å². The molecule has 1 aromatic carbocycles. The summed E-state index contributed by atoms with van der Waals surface area (Å²) < 4.78 is 0. The van der Waals surface area contributed by atoms with Crippen LogP contribution in [0.25, 0.3) is 0 Å². The molecule has 0 radical (unpaired) electrons. The van der Waals surface area contributed by atoms with Crippen LogP contribution < -0.4 is 10.2 Å². The molecule has 24 heavy (non-hydrogen) atoms. The Bertz CT molecular complexity index is 695. The lowest BCUT2D eigenvalue weighted by Gasteiger charge is -2.29. The van der Waals surface area contributed by atoms with Gasteiger partial charge < -0.3 is 10.2 Å². The van der Waals surface area contributed by atoms with Gasteiger partial charge in [-0.1, -0.05) is 38.1 Å². The van der Waals surface area contributed by atoms with Crippen molar-refractivity contribution in [2.45, 2.75) is 39.7 Å². The Balaban J connectivity index is 1.66. The van der Waals surface area contributed by atoms with E-state index >= 15 is 0 Å². The zero-order valence-electron chi connectivity index (χ0n) is 14.3. The van der Waals surface area contributed by atoms with Gasteiger partial charge in [0.05, 0.1) is 0 Å². The summed E-state index contributed by atoms with van der Waals surface area (Å²) in [4.78, 5) is 14.3. The van der Waals surface area contributed by atoms with E-state index in [1.807, 2.05) is 26.0 Å². The number of anilines is 2. The fourth-order valence-corrected chi connectivity index (χ4v) is 3.14. The van der Waals surface area contributed by atoms with E-state index in [2.05, 4.69) is 44.7 Å². The molecule has 1 aliphatic rings. The first kappa shape index (κ1) is 16.4. The predicted molar refractivity (Wildman–Crippen MR) is 95.9 cm³/mol. The molecule has 0 spiro atoms. The summed E-state index contributed by atoms with van der Waals surface area (Å²) in [6.07, 6.45) is 2.69. The van der Waals surface area contributed by atoms with E-state index in [-0.39, 0.29) is 11.8 Å². The van der Waals surface area contributed by atoms with Crippen LogP contribution in [0.3, 0.4) is 0 Å². The maximum atomic E-state index is 12.1. The second kappa shape index (κ2) is 7.43. The number of amides is 1. The highest BCUT2D eigenvalue weighted by molar-refractivity contribution is 5.91. The third-order valence-electron chi connectivity index (χ3n) is 4.71. The molecule has 1 amide bonds. The van der Waals surface area contributed by atoms with Gasteiger partial charge in [-0.2, -0.15) is 0 Å². The third kappa shape index (κ3) is 3.55. The van der Waals surface area contributed by atoms with Crippen molar-refractivity contribution < 1.29 is 4.79 Å². The van der Waals surface area contributed by atoms with Gasteiger partial charge in [0.15, 0.2) is 11.6 Å². The van der Waals surface area contributed by atoms with Crippen LogP contribution in [0.1, 0.15) is 37.8 Å². The van der Waals surface area contributed by atoms with Crippen LogP contribution in [0.5, 0.6) is 0 Å². The zero-order chi connectivity index (χ0) is 16.9. The Kier molecular flexibility index (Phi) is 5.08. The second-order valence-electron chi connectivity index (χ2n) is 6.22. The monoisotopic (exact) mass is 324 g/mol. The standard InChI is InChI=1S/C19H24N4O/c1-3-14(4-2)19(24)20-17-9-10-18(22-21-17)23-12-11-15-7-5-6-8-16(15)13-23/h5-10,14H,3-4,11-13H2,1-2H3,(H,20,21,24). The molecule has 0 unspecified atom stereocenters. The zero-order valence-corrected chi connectivity index (χ0v) is 14.3. The third-order valence-corrected chi connectivity index (χ3v) is 4.71. The molecule has 0 aliphatic carbocycles. The lowest BCUT2D eigenvalue weighted by molar-refractivity contribution is -0.120. The molecule has 0 fully saturated rings. The lowest BCUT2D eigenvalue weighted by atomic mass is 10.00. The number of nitrogens with zero attached hydrogens (tertiary/aromatic N) is 3. The first-order valence-corrected chi connectivity index (χ1v) is 8.67. The number of nitrogens with one attached hydrogen (secondary N) is 1. The molecule has 5 heteroatoms. The normalized spacial score (nSPS) is 13.7. The van der Waals surface area contributed by atoms with Gasteiger partial charge in [0.2, 0.25) is 5.91 Å². The average Bonchev–Trinajstić information content (AvgIpc) is 2.63. The molecule has 2 heterocycles. The van der Waals surface area contributed by atoms with Gasteiger partial charge in [-0.05, 0) is 42.5 Å². The summed E-state index contributed by atoms with van der Waals surface area (Å²) >= 11 is 0. The number of carbonyl (C=O) groups excluding carboxylic acids is 1. The quantitative estimate of drug-likeness (QED) is 0.915. The number of carbonyl (C=O) groups is 1. The number of hydrogen-bond acceptors (Lipinski definition) is 4. The van der Waals surface area contributed by atoms with Crippen molar-refractivity contribution in [3.63, 3.8) is 0 Å². The molecule has 0 bridgehead atoms. The molecule has 2 aromatic rings. The molecule has 1 aromatic heterocycles. The summed E-state index contributed by atoms with van der Waals surface area (Å²) in [7, 11) is 0. The van der Waals surface area contributed by atoms with E-state index < -0.39 is 0 Å². The van der Waals surface area contributed by atoms with Crippen LogP contribution in [-0.4, -0.2) is 22.6 Å². The van der Waals surface area contributed by atoms with Gasteiger partial charge in [-0.25, -0.2) is 0 Å². The largest absolute Gasteiger partial charge is 0.350 e. The summed E-state index contributed by atoms with van der Waals surface area (Å²) in [6, 6.07) is 12.3. The molecule has 5 nitrogen and oxygen atoms in total. The van der Waals surface area contributed by atoms with Gasteiger partial charge in [0.1, 0.15) is 0 Å². The van der Waals surface area contributed by atoms with Gasteiger partial charge in [-0.15, -0.1) is 10.2 Å². The highest BCUT2D eigenvalue weighted by Gasteiger charge is 2.18. The fourth-order valence-electron chi connectivity index (χ4n) is 3.14. The Labute approximate surface area is 143 Å². The molecule has 0 atom stereocenters. The molecular formula is C19H24N4O. The van der Waals surface area contributed by atoms with Crippen molar-refractivity contribution in [2.75, 3.05) is 16.8 Å². The topological polar surface area (TPSA) is 58.1 Å². The Morgan fingerprint density at radius 1 is 1.12 bits per heavy atom. The number of benzene rings is 1. The molecule has 126 valence electrons. The predicted octanol–water partition coefficient (Wildman–Crippen LogP) is 3.41. The summed E-state index contributed by atoms with van der Waals surface area (Å²) in [6.45, 7) is 5.84. The van der Waals surface area contributed by atoms with Crippen molar-refractivity contribution in [1.29, 1.82) is 0 Å². The Morgan fingerprint density at radius 2 is 1.88 bits per heavy atom. The molecule has 3 rings (SSSR count). The number of hydrogen-bond donors (Lipinski definition) is 1. The van der Waals surface area contributed by atoms with E-state index in [1.54, 1.807) is 0 Å². The minimum absolute atomic E-state index is 0.0222. The lowest BCUT2D eigenvalue weighted by Crippen LogP contribution is -2.31. The SMILES string of the molecule is CCC(CC)C(=O)Nc1ccc(N2CCc3ccccc3C2)nn1. The van der Waals surface area contributed by atoms with Gasteiger partial charge in [-0.3, -0.25) is 4.79 Å². The van der Waals surface area contributed by atoms with Crippen LogP contribution in [0.15, 0.2) is 36.4 Å². The van der Waals surface area contributed by atoms with Gasteiger partial charge in [0, 0.05) is 19.0 Å². The maximum Gasteiger partial charge on any atom is 0.228 e. The molecule has 1 N–H and O–H groups in total. The van der Waals surface area contributed by atoms with Crippen molar-refractivity contribution in [3.05, 3.63) is 47.5 Å². The van der Waals surface area contributed by atoms with E-state index in [0.717, 1.165) is 38.2 Å². The first-order chi connectivity index (χ1) is 11.7. The highest BCUT2D eigenvalue weighted by Crippen LogP contribution is 2.23. The van der Waals surface area contributed by atoms with Gasteiger partial charge >= 0.3 is 0 Å². The number of fused-ring (bicyclic) bond motifs is 1. The Hall–Kier alpha value is -2.43. The molecular weight excluding hydrogens is 300 g/mol. The van der Waals surface area contributed by atoms with Crippen LogP contribution in [0.4, 0.5) is 11.6 Å². The minimum atomic E-state index is 0.0222. The minimum Gasteiger partial charge on any atom is -0.350 e. The van der Waals surface area contributed by atoms with Crippen molar-refractivity contribution in [1.82, 2.24) is 10.2 Å². The summed E-state index contributed by atoms with van der Waals surface area (Å²) in [5.41, 5.74) is 2.76. The number of aromatic nitrogens is 2. The van der Waals surface area contributed by atoms with E-state index in [1.165, 1.54) is 11.1 Å². The average molecular weight is 324 g/mol. The fraction of sp³-hybridized carbons (Fsp3) is 0.421. The van der Waals surface area contributed by atoms with E-state index in [9.17, 15) is 4.79 Å². The van der Waals surface area contributed by atoms with E-state index in [0.29, 0.717) is 5.82 Å². The van der Waals surface area contributed by atoms with Crippen molar-refractivity contribution in [3.8, 4) is 0 Å². The molecule has 1 aliphatic heterocycles. The summed E-state index contributed by atoms with van der Waals surface area (Å²) in [5, 5.41) is 11.3. The van der Waals surface area contributed by atoms with Crippen molar-refractivity contribution >= 4 is 17.5 Å². The highest BCUT2D eigenvalue weighted by atomic mass is 16.1. The van der Waals surface area contributed by atoms with Crippen molar-refractivity contribution in [2.24, 2.45) is 5.92 Å². The van der Waals surface area contributed by atoms with Crippen LogP contribution in [0, 0.1) is 5.92 Å². The second-order valence-corrected chi connectivity index (χ2v) is 6.22. The molecule has 0 saturated heterocycles. The number of rotatable bonds is 5. The Morgan fingerprint density at radius 3 is 2.54 bits per heavy atom.